The van der Waals surface area contributed by atoms with Gasteiger partial charge in [-0.15, -0.1) is 11.3 Å². The molecule has 6 heteroatoms. The molecule has 1 aliphatic rings. The summed E-state index contributed by atoms with van der Waals surface area (Å²) in [6.07, 6.45) is 10.4. The Labute approximate surface area is 189 Å². The molecule has 1 saturated carbocycles. The summed E-state index contributed by atoms with van der Waals surface area (Å²) in [4.78, 5) is 22.6. The fourth-order valence-electron chi connectivity index (χ4n) is 4.22. The maximum absolute atomic E-state index is 12.7. The first-order valence-electron chi connectivity index (χ1n) is 11.2. The number of carbonyl (C=O) groups is 2. The van der Waals surface area contributed by atoms with Crippen molar-refractivity contribution in [1.29, 1.82) is 0 Å². The van der Waals surface area contributed by atoms with Gasteiger partial charge >= 0.3 is 5.97 Å². The summed E-state index contributed by atoms with van der Waals surface area (Å²) in [6, 6.07) is 5.80. The van der Waals surface area contributed by atoms with Crippen LogP contribution in [0.1, 0.15) is 76.1 Å². The lowest BCUT2D eigenvalue weighted by molar-refractivity contribution is -0.137. The molecule has 1 aromatic carbocycles. The quantitative estimate of drug-likeness (QED) is 0.341. The molecular weight excluding hydrogens is 410 g/mol. The number of carboxylic acid groups (broad SMARTS) is 1. The molecule has 1 amide bonds. The summed E-state index contributed by atoms with van der Waals surface area (Å²) in [7, 11) is 0. The molecule has 0 saturated heterocycles. The van der Waals surface area contributed by atoms with E-state index in [1.54, 1.807) is 5.38 Å². The van der Waals surface area contributed by atoms with Crippen LogP contribution in [0.25, 0.3) is 10.1 Å². The number of hydrogen-bond acceptors (Lipinski definition) is 4. The van der Waals surface area contributed by atoms with Crippen LogP contribution in [0.4, 0.5) is 0 Å². The van der Waals surface area contributed by atoms with Crippen LogP contribution in [0.15, 0.2) is 35.7 Å². The van der Waals surface area contributed by atoms with Crippen molar-refractivity contribution in [3.05, 3.63) is 41.3 Å². The molecule has 1 fully saturated rings. The van der Waals surface area contributed by atoms with Gasteiger partial charge in [0.05, 0.1) is 10.3 Å². The second kappa shape index (κ2) is 12.5. The third kappa shape index (κ3) is 7.69. The van der Waals surface area contributed by atoms with Crippen molar-refractivity contribution < 1.29 is 19.8 Å². The van der Waals surface area contributed by atoms with Crippen LogP contribution in [-0.2, 0) is 4.79 Å². The fraction of sp³-hybridized carbons (Fsp3) is 0.520. The van der Waals surface area contributed by atoms with Gasteiger partial charge in [-0.2, -0.15) is 0 Å². The van der Waals surface area contributed by atoms with Crippen LogP contribution >= 0.6 is 11.3 Å². The van der Waals surface area contributed by atoms with Crippen molar-refractivity contribution in [2.75, 3.05) is 0 Å². The van der Waals surface area contributed by atoms with E-state index in [-0.39, 0.29) is 24.1 Å². The zero-order valence-corrected chi connectivity index (χ0v) is 19.6. The number of carbonyl (C=O) groups excluding carboxylic acids is 1. The number of thiophene rings is 1. The van der Waals surface area contributed by atoms with Crippen LogP contribution in [0.5, 0.6) is 5.75 Å². The molecule has 0 radical (unpaired) electrons. The van der Waals surface area contributed by atoms with Gasteiger partial charge in [0.15, 0.2) is 0 Å². The SMILES string of the molecule is C/C=C/CCCC(=O)O.CCC1C[C@H](C)C[C@@H](NC(=O)c2cccc3c(O)csc23)C1. The van der Waals surface area contributed by atoms with Gasteiger partial charge in [-0.1, -0.05) is 38.5 Å². The Morgan fingerprint density at radius 3 is 2.71 bits per heavy atom. The maximum Gasteiger partial charge on any atom is 0.303 e. The number of carboxylic acids is 1. The van der Waals surface area contributed by atoms with Crippen LogP contribution < -0.4 is 5.32 Å². The van der Waals surface area contributed by atoms with Crippen molar-refractivity contribution in [1.82, 2.24) is 5.32 Å². The smallest absolute Gasteiger partial charge is 0.303 e. The number of rotatable bonds is 7. The average Bonchev–Trinajstić information content (AvgIpc) is 3.12. The molecule has 3 N–H and O–H groups in total. The Kier molecular flexibility index (Phi) is 10.0. The monoisotopic (exact) mass is 445 g/mol. The molecule has 1 aromatic heterocycles. The summed E-state index contributed by atoms with van der Waals surface area (Å²) in [5, 5.41) is 23.7. The first kappa shape index (κ1) is 24.9. The van der Waals surface area contributed by atoms with Crippen molar-refractivity contribution in [2.24, 2.45) is 11.8 Å². The fourth-order valence-corrected chi connectivity index (χ4v) is 5.16. The number of benzene rings is 1. The molecule has 1 unspecified atom stereocenters. The Morgan fingerprint density at radius 2 is 2.03 bits per heavy atom. The second-order valence-corrected chi connectivity index (χ2v) is 9.29. The highest BCUT2D eigenvalue weighted by molar-refractivity contribution is 7.18. The van der Waals surface area contributed by atoms with Crippen LogP contribution in [0.3, 0.4) is 0 Å². The predicted octanol–water partition coefficient (Wildman–Crippen LogP) is 6.37. The lowest BCUT2D eigenvalue weighted by atomic mass is 9.78. The number of allylic oxidation sites excluding steroid dienone is 2. The van der Waals surface area contributed by atoms with E-state index in [0.717, 1.165) is 41.7 Å². The number of hydrogen-bond donors (Lipinski definition) is 3. The molecule has 1 heterocycles. The molecule has 31 heavy (non-hydrogen) atoms. The Bertz CT molecular complexity index is 889. The number of nitrogens with one attached hydrogen (secondary N) is 1. The molecule has 3 atom stereocenters. The summed E-state index contributed by atoms with van der Waals surface area (Å²) in [5.41, 5.74) is 0.675. The lowest BCUT2D eigenvalue weighted by Gasteiger charge is -2.33. The van der Waals surface area contributed by atoms with Crippen molar-refractivity contribution in [2.45, 2.75) is 71.8 Å². The first-order valence-corrected chi connectivity index (χ1v) is 12.1. The summed E-state index contributed by atoms with van der Waals surface area (Å²) in [6.45, 7) is 6.44. The zero-order valence-electron chi connectivity index (χ0n) is 18.8. The topological polar surface area (TPSA) is 86.6 Å². The van der Waals surface area contributed by atoms with Crippen LogP contribution in [0, 0.1) is 11.8 Å². The third-order valence-corrected chi connectivity index (χ3v) is 6.79. The number of aromatic hydroxyl groups is 1. The van der Waals surface area contributed by atoms with E-state index < -0.39 is 5.97 Å². The van der Waals surface area contributed by atoms with E-state index in [1.165, 1.54) is 24.2 Å². The second-order valence-electron chi connectivity index (χ2n) is 8.42. The highest BCUT2D eigenvalue weighted by Crippen LogP contribution is 2.34. The van der Waals surface area contributed by atoms with Gasteiger partial charge in [-0.3, -0.25) is 9.59 Å². The normalized spacial score (nSPS) is 20.9. The van der Waals surface area contributed by atoms with E-state index in [4.69, 9.17) is 5.11 Å². The maximum atomic E-state index is 12.7. The van der Waals surface area contributed by atoms with E-state index >= 15 is 0 Å². The van der Waals surface area contributed by atoms with Gasteiger partial charge < -0.3 is 15.5 Å². The average molecular weight is 446 g/mol. The Morgan fingerprint density at radius 1 is 1.26 bits per heavy atom. The summed E-state index contributed by atoms with van der Waals surface area (Å²) < 4.78 is 0.869. The highest BCUT2D eigenvalue weighted by atomic mass is 32.1. The number of aliphatic carboxylic acids is 1. The van der Waals surface area contributed by atoms with Crippen molar-refractivity contribution in [3.63, 3.8) is 0 Å². The standard InChI is InChI=1S/C18H23NO2S.C7H12O2/c1-3-12-7-11(2)8-13(9-12)19-18(21)15-6-4-5-14-16(20)10-22-17(14)15;1-2-3-4-5-6-7(8)9/h4-6,10-13,20H,3,7-9H2,1-2H3,(H,19,21);2-3H,4-6H2,1H3,(H,8,9)/b;3-2+/t11-,12?,13+;/m0./s1. The number of fused-ring (bicyclic) bond motifs is 1. The minimum atomic E-state index is -0.709. The van der Waals surface area contributed by atoms with Crippen LogP contribution in [0.2, 0.25) is 0 Å². The molecule has 1 aliphatic carbocycles. The molecule has 0 aliphatic heterocycles. The van der Waals surface area contributed by atoms with Gasteiger partial charge in [0.25, 0.3) is 5.91 Å². The van der Waals surface area contributed by atoms with Crippen molar-refractivity contribution >= 4 is 33.3 Å². The first-order chi connectivity index (χ1) is 14.8. The van der Waals surface area contributed by atoms with Crippen molar-refractivity contribution in [3.8, 4) is 5.75 Å². The predicted molar refractivity (Wildman–Crippen MR) is 128 cm³/mol. The van der Waals surface area contributed by atoms with E-state index in [9.17, 15) is 14.7 Å². The lowest BCUT2D eigenvalue weighted by Crippen LogP contribution is -2.40. The Hall–Kier alpha value is -2.34. The molecule has 0 bridgehead atoms. The molecule has 2 aromatic rings. The van der Waals surface area contributed by atoms with Gasteiger partial charge in [0, 0.05) is 23.2 Å². The summed E-state index contributed by atoms with van der Waals surface area (Å²) in [5.74, 6) is 0.925. The van der Waals surface area contributed by atoms with Gasteiger partial charge in [0.1, 0.15) is 5.75 Å². The van der Waals surface area contributed by atoms with Gasteiger partial charge in [-0.25, -0.2) is 0 Å². The molecule has 0 spiro atoms. The number of unbranched alkanes of at least 4 members (excludes halogenated alkanes) is 1. The minimum Gasteiger partial charge on any atom is -0.506 e. The molecule has 5 nitrogen and oxygen atoms in total. The van der Waals surface area contributed by atoms with E-state index in [1.807, 2.05) is 37.3 Å². The van der Waals surface area contributed by atoms with E-state index in [2.05, 4.69) is 19.2 Å². The highest BCUT2D eigenvalue weighted by Gasteiger charge is 2.27. The van der Waals surface area contributed by atoms with Crippen LogP contribution in [-0.4, -0.2) is 28.1 Å². The van der Waals surface area contributed by atoms with Gasteiger partial charge in [0.2, 0.25) is 0 Å². The molecule has 3 rings (SSSR count). The summed E-state index contributed by atoms with van der Waals surface area (Å²) >= 11 is 1.43. The Balaban J connectivity index is 0.000000323. The largest absolute Gasteiger partial charge is 0.506 e. The molecular formula is C25H35NO4S. The zero-order chi connectivity index (χ0) is 22.8. The molecule has 170 valence electrons. The van der Waals surface area contributed by atoms with E-state index in [0.29, 0.717) is 11.5 Å². The van der Waals surface area contributed by atoms with Gasteiger partial charge in [-0.05, 0) is 63.0 Å². The minimum absolute atomic E-state index is 0.0126. The number of amides is 1. The third-order valence-electron chi connectivity index (χ3n) is 5.77.